The second-order valence-corrected chi connectivity index (χ2v) is 23.6. The maximum atomic E-state index is 13.5. The number of hydrogen-bond donors (Lipinski definition) is 1. The molecule has 0 aliphatic rings. The first kappa shape index (κ1) is 70.2. The van der Waals surface area contributed by atoms with Crippen LogP contribution in [0.25, 0.3) is 0 Å². The van der Waals surface area contributed by atoms with Crippen molar-refractivity contribution in [3.05, 3.63) is 36.5 Å². The van der Waals surface area contributed by atoms with E-state index in [1.807, 2.05) is 33.3 Å². The van der Waals surface area contributed by atoms with Gasteiger partial charge in [0.1, 0.15) is 19.3 Å². The Bertz CT molecular complexity index is 1330. The van der Waals surface area contributed by atoms with Crippen LogP contribution in [0.4, 0.5) is 0 Å². The Balaban J connectivity index is 5.17. The summed E-state index contributed by atoms with van der Waals surface area (Å²) in [6.07, 6.45) is 62.5. The largest absolute Gasteiger partial charge is 0.756 e. The van der Waals surface area contributed by atoms with Crippen molar-refractivity contribution in [1.82, 2.24) is 5.32 Å². The highest BCUT2D eigenvalue weighted by molar-refractivity contribution is 7.45. The van der Waals surface area contributed by atoms with E-state index in [4.69, 9.17) is 13.8 Å². The zero-order valence-electron chi connectivity index (χ0n) is 48.4. The number of phosphoric acid groups is 1. The van der Waals surface area contributed by atoms with Crippen LogP contribution in [-0.4, -0.2) is 69.4 Å². The minimum absolute atomic E-state index is 0.0201. The molecule has 0 fully saturated rings. The molecule has 424 valence electrons. The number of ether oxygens (including phenoxy) is 1. The Labute approximate surface area is 446 Å². The fourth-order valence-corrected chi connectivity index (χ4v) is 9.75. The van der Waals surface area contributed by atoms with Gasteiger partial charge in [0.2, 0.25) is 5.91 Å². The van der Waals surface area contributed by atoms with Crippen LogP contribution < -0.4 is 10.2 Å². The van der Waals surface area contributed by atoms with E-state index in [2.05, 4.69) is 50.4 Å². The first-order valence-electron chi connectivity index (χ1n) is 30.8. The van der Waals surface area contributed by atoms with Crippen LogP contribution >= 0.6 is 7.82 Å². The number of phosphoric ester groups is 1. The van der Waals surface area contributed by atoms with Crippen LogP contribution in [0.3, 0.4) is 0 Å². The first-order valence-corrected chi connectivity index (χ1v) is 32.3. The number of allylic oxidation sites excluding steroid dienone is 5. The van der Waals surface area contributed by atoms with Crippen molar-refractivity contribution in [2.75, 3.05) is 40.9 Å². The van der Waals surface area contributed by atoms with E-state index in [-0.39, 0.29) is 31.5 Å². The topological polar surface area (TPSA) is 114 Å². The number of likely N-dealkylation sites (N-methyl/N-ethyl adjacent to an activating group) is 1. The Kier molecular flexibility index (Phi) is 51.4. The highest BCUT2D eigenvalue weighted by Crippen LogP contribution is 2.38. The molecule has 10 heteroatoms. The summed E-state index contributed by atoms with van der Waals surface area (Å²) in [5, 5.41) is 3.03. The van der Waals surface area contributed by atoms with E-state index in [0.717, 1.165) is 64.2 Å². The summed E-state index contributed by atoms with van der Waals surface area (Å²) in [5.74, 6) is -0.531. The number of esters is 1. The van der Waals surface area contributed by atoms with Gasteiger partial charge in [-0.15, -0.1) is 0 Å². The van der Waals surface area contributed by atoms with Gasteiger partial charge in [-0.25, -0.2) is 0 Å². The van der Waals surface area contributed by atoms with E-state index >= 15 is 0 Å². The molecule has 3 unspecified atom stereocenters. The van der Waals surface area contributed by atoms with Gasteiger partial charge < -0.3 is 28.5 Å². The van der Waals surface area contributed by atoms with Gasteiger partial charge in [0.25, 0.3) is 7.82 Å². The number of nitrogens with one attached hydrogen (secondary N) is 1. The molecule has 0 rings (SSSR count). The Morgan fingerprint density at radius 3 is 1.28 bits per heavy atom. The van der Waals surface area contributed by atoms with Crippen molar-refractivity contribution in [3.8, 4) is 0 Å². The molecule has 9 nitrogen and oxygen atoms in total. The zero-order chi connectivity index (χ0) is 52.9. The number of nitrogens with zero attached hydrogens (tertiary/aromatic N) is 1. The summed E-state index contributed by atoms with van der Waals surface area (Å²) in [5.41, 5.74) is 0. The van der Waals surface area contributed by atoms with Crippen molar-refractivity contribution in [3.63, 3.8) is 0 Å². The van der Waals surface area contributed by atoms with Crippen LogP contribution in [0, 0.1) is 0 Å². The number of amides is 1. The van der Waals surface area contributed by atoms with Crippen molar-refractivity contribution in [1.29, 1.82) is 0 Å². The van der Waals surface area contributed by atoms with Crippen LogP contribution in [0.2, 0.25) is 0 Å². The maximum absolute atomic E-state index is 13.5. The lowest BCUT2D eigenvalue weighted by molar-refractivity contribution is -0.870. The number of carbonyl (C=O) groups is 2. The van der Waals surface area contributed by atoms with Crippen molar-refractivity contribution >= 4 is 19.7 Å². The van der Waals surface area contributed by atoms with E-state index in [0.29, 0.717) is 17.4 Å². The lowest BCUT2D eigenvalue weighted by Gasteiger charge is -2.30. The summed E-state index contributed by atoms with van der Waals surface area (Å²) >= 11 is 0. The monoisotopic (exact) mass is 1030 g/mol. The molecule has 0 aromatic carbocycles. The van der Waals surface area contributed by atoms with E-state index in [9.17, 15) is 19.0 Å². The number of rotatable bonds is 56. The molecule has 0 bridgehead atoms. The van der Waals surface area contributed by atoms with Gasteiger partial charge in [0, 0.05) is 12.8 Å². The third-order valence-corrected chi connectivity index (χ3v) is 14.8. The summed E-state index contributed by atoms with van der Waals surface area (Å²) in [7, 11) is 1.19. The molecule has 0 saturated carbocycles. The predicted octanol–water partition coefficient (Wildman–Crippen LogP) is 18.1. The summed E-state index contributed by atoms with van der Waals surface area (Å²) in [6.45, 7) is 6.84. The fraction of sp³-hybridized carbons (Fsp3) is 0.871. The smallest absolute Gasteiger partial charge is 0.306 e. The Morgan fingerprint density at radius 1 is 0.486 bits per heavy atom. The normalized spacial score (nSPS) is 13.9. The molecular weight excluding hydrogens is 916 g/mol. The zero-order valence-corrected chi connectivity index (χ0v) is 49.3. The van der Waals surface area contributed by atoms with Gasteiger partial charge in [0.15, 0.2) is 0 Å². The highest BCUT2D eigenvalue weighted by Gasteiger charge is 2.27. The molecule has 0 aliphatic carbocycles. The minimum atomic E-state index is -4.69. The molecule has 0 saturated heterocycles. The average Bonchev–Trinajstić information content (AvgIpc) is 3.34. The van der Waals surface area contributed by atoms with Crippen molar-refractivity contribution < 1.29 is 37.3 Å². The van der Waals surface area contributed by atoms with E-state index in [1.54, 1.807) is 0 Å². The molecule has 0 aliphatic heterocycles. The van der Waals surface area contributed by atoms with Crippen LogP contribution in [0.15, 0.2) is 36.5 Å². The summed E-state index contributed by atoms with van der Waals surface area (Å²) in [6, 6.07) is -0.883. The Hall–Kier alpha value is -1.77. The standard InChI is InChI=1S/C62H119N2O7P/c1-7-10-13-16-19-22-25-27-29-30-31-32-33-34-35-37-40-43-46-49-52-55-62(66)71-60(53-50-47-44-41-38-24-21-18-15-12-9-3)59(58-70-72(67,68)69-57-56-64(4,5)6)63-61(65)54-51-48-45-42-39-36-28-26-23-20-17-14-11-8-2/h19,22,27,29,50,53,59-60H,7-18,20-21,23-26,28,30-49,51-52,54-58H2,1-6H3,(H-,63,65,67,68)/b22-19-,29-27-,53-50+. The first-order chi connectivity index (χ1) is 34.9. The summed E-state index contributed by atoms with van der Waals surface area (Å²) < 4.78 is 30.3. The van der Waals surface area contributed by atoms with Gasteiger partial charge in [-0.3, -0.25) is 14.2 Å². The second-order valence-electron chi connectivity index (χ2n) is 22.2. The molecule has 0 aromatic rings. The molecular formula is C62H119N2O7P. The molecule has 0 heterocycles. The molecule has 0 aromatic heterocycles. The lowest BCUT2D eigenvalue weighted by Crippen LogP contribution is -2.47. The summed E-state index contributed by atoms with van der Waals surface area (Å²) in [4.78, 5) is 39.9. The van der Waals surface area contributed by atoms with Gasteiger partial charge >= 0.3 is 5.97 Å². The molecule has 0 spiro atoms. The maximum Gasteiger partial charge on any atom is 0.306 e. The third kappa shape index (κ3) is 53.1. The number of unbranched alkanes of at least 4 members (excludes halogenated alkanes) is 36. The predicted molar refractivity (Wildman–Crippen MR) is 307 cm³/mol. The lowest BCUT2D eigenvalue weighted by atomic mass is 10.0. The third-order valence-electron chi connectivity index (χ3n) is 13.8. The quantitative estimate of drug-likeness (QED) is 0.0212. The average molecular weight is 1040 g/mol. The highest BCUT2D eigenvalue weighted by atomic mass is 31.2. The van der Waals surface area contributed by atoms with Gasteiger partial charge in [0.05, 0.1) is 33.8 Å². The number of carbonyl (C=O) groups excluding carboxylic acids is 2. The molecule has 72 heavy (non-hydrogen) atoms. The fourth-order valence-electron chi connectivity index (χ4n) is 9.02. The number of hydrogen-bond acceptors (Lipinski definition) is 7. The van der Waals surface area contributed by atoms with Crippen molar-refractivity contribution in [2.45, 2.75) is 309 Å². The minimum Gasteiger partial charge on any atom is -0.756 e. The van der Waals surface area contributed by atoms with E-state index < -0.39 is 20.0 Å². The molecule has 1 amide bonds. The van der Waals surface area contributed by atoms with Gasteiger partial charge in [-0.2, -0.15) is 0 Å². The van der Waals surface area contributed by atoms with Crippen molar-refractivity contribution in [2.24, 2.45) is 0 Å². The SMILES string of the molecule is CCCCC/C=C\C/C=C\CCCCCCCCCCCCCC(=O)OC(/C=C/CCCCCCCCCCC)C(COP(=O)([O-])OCC[N+](C)(C)C)NC(=O)CCCCCCCCCCCCCCCC. The van der Waals surface area contributed by atoms with Gasteiger partial charge in [-0.05, 0) is 63.9 Å². The number of quaternary nitrogens is 1. The van der Waals surface area contributed by atoms with Crippen LogP contribution in [0.5, 0.6) is 0 Å². The van der Waals surface area contributed by atoms with E-state index in [1.165, 1.54) is 199 Å². The molecule has 3 atom stereocenters. The van der Waals surface area contributed by atoms with Crippen LogP contribution in [-0.2, 0) is 27.9 Å². The molecule has 0 radical (unpaired) electrons. The second kappa shape index (κ2) is 52.7. The van der Waals surface area contributed by atoms with Crippen LogP contribution in [0.1, 0.15) is 297 Å². The Morgan fingerprint density at radius 2 is 0.847 bits per heavy atom. The molecule has 1 N–H and O–H groups in total. The van der Waals surface area contributed by atoms with Gasteiger partial charge in [-0.1, -0.05) is 257 Å².